The summed E-state index contributed by atoms with van der Waals surface area (Å²) in [5.74, 6) is -0.518. The Kier molecular flexibility index (Phi) is 5.35. The van der Waals surface area contributed by atoms with Gasteiger partial charge in [0.25, 0.3) is 5.56 Å². The molecule has 5 rings (SSSR count). The molecule has 0 atom stereocenters. The predicted molar refractivity (Wildman–Crippen MR) is 125 cm³/mol. The summed E-state index contributed by atoms with van der Waals surface area (Å²) >= 11 is 6.06. The molecule has 3 heterocycles. The van der Waals surface area contributed by atoms with E-state index in [1.807, 2.05) is 24.3 Å². The van der Waals surface area contributed by atoms with Crippen molar-refractivity contribution in [3.63, 3.8) is 0 Å². The van der Waals surface area contributed by atoms with Gasteiger partial charge in [-0.05, 0) is 36.8 Å². The van der Waals surface area contributed by atoms with Crippen molar-refractivity contribution in [2.24, 2.45) is 0 Å². The number of nitrogens with zero attached hydrogens (tertiary/aromatic N) is 5. The minimum atomic E-state index is -0.518. The fourth-order valence-corrected chi connectivity index (χ4v) is 4.18. The molecule has 0 saturated carbocycles. The van der Waals surface area contributed by atoms with Crippen LogP contribution in [-0.4, -0.2) is 24.1 Å². The lowest BCUT2D eigenvalue weighted by atomic mass is 10.2. The molecule has 0 bridgehead atoms. The maximum atomic E-state index is 13.8. The molecule has 0 spiro atoms. The highest BCUT2D eigenvalue weighted by molar-refractivity contribution is 6.31. The van der Waals surface area contributed by atoms with Gasteiger partial charge in [0.1, 0.15) is 16.7 Å². The van der Waals surface area contributed by atoms with Gasteiger partial charge in [0.2, 0.25) is 0 Å². The molecule has 6 nitrogen and oxygen atoms in total. The smallest absolute Gasteiger partial charge is 0.265 e. The number of hydrogen-bond acceptors (Lipinski definition) is 4. The number of unbranched alkanes of at least 4 members (excludes halogenated alkanes) is 3. The maximum Gasteiger partial charge on any atom is 0.265 e. The van der Waals surface area contributed by atoms with Crippen LogP contribution in [0.5, 0.6) is 0 Å². The first-order valence-corrected chi connectivity index (χ1v) is 11.1. The van der Waals surface area contributed by atoms with Gasteiger partial charge in [-0.2, -0.15) is 0 Å². The highest BCUT2D eigenvalue weighted by atomic mass is 35.5. The highest BCUT2D eigenvalue weighted by Crippen LogP contribution is 2.29. The number of rotatable bonds is 6. The number of aromatic nitrogens is 5. The summed E-state index contributed by atoms with van der Waals surface area (Å²) < 4.78 is 17.2. The summed E-state index contributed by atoms with van der Waals surface area (Å²) in [5, 5.41) is 0.382. The van der Waals surface area contributed by atoms with E-state index >= 15 is 0 Å². The molecule has 0 aliphatic carbocycles. The van der Waals surface area contributed by atoms with E-state index in [2.05, 4.69) is 11.9 Å². The predicted octanol–water partition coefficient (Wildman–Crippen LogP) is 5.66. The van der Waals surface area contributed by atoms with Crippen LogP contribution in [0, 0.1) is 5.82 Å². The Morgan fingerprint density at radius 2 is 1.78 bits per heavy atom. The van der Waals surface area contributed by atoms with E-state index in [-0.39, 0.29) is 10.6 Å². The third-order valence-corrected chi connectivity index (χ3v) is 5.93. The van der Waals surface area contributed by atoms with Crippen LogP contribution < -0.4 is 5.56 Å². The molecule has 0 fully saturated rings. The van der Waals surface area contributed by atoms with Crippen LogP contribution in [0.25, 0.3) is 38.9 Å². The van der Waals surface area contributed by atoms with Crippen LogP contribution in [-0.2, 0) is 6.54 Å². The first kappa shape index (κ1) is 20.6. The Morgan fingerprint density at radius 1 is 1.00 bits per heavy atom. The lowest BCUT2D eigenvalue weighted by molar-refractivity contribution is 0.567. The second-order valence-electron chi connectivity index (χ2n) is 7.82. The van der Waals surface area contributed by atoms with E-state index in [1.54, 1.807) is 21.5 Å². The molecular formula is C24H21ClFN5O. The van der Waals surface area contributed by atoms with Gasteiger partial charge in [0.15, 0.2) is 11.3 Å². The normalized spacial score (nSPS) is 11.7. The first-order chi connectivity index (χ1) is 15.6. The van der Waals surface area contributed by atoms with Crippen molar-refractivity contribution in [1.82, 2.24) is 24.1 Å². The molecule has 162 valence electrons. The van der Waals surface area contributed by atoms with Crippen molar-refractivity contribution in [3.05, 3.63) is 70.0 Å². The molecule has 32 heavy (non-hydrogen) atoms. The van der Waals surface area contributed by atoms with Gasteiger partial charge in [-0.3, -0.25) is 13.9 Å². The number of halogens is 2. The van der Waals surface area contributed by atoms with Gasteiger partial charge in [0.05, 0.1) is 28.1 Å². The molecule has 0 aliphatic heterocycles. The molecule has 0 radical (unpaired) electrons. The van der Waals surface area contributed by atoms with Crippen LogP contribution in [0.3, 0.4) is 0 Å². The number of fused-ring (bicyclic) bond motifs is 4. The first-order valence-electron chi connectivity index (χ1n) is 10.7. The molecule has 0 amide bonds. The van der Waals surface area contributed by atoms with Crippen molar-refractivity contribution >= 4 is 44.8 Å². The average Bonchev–Trinajstić information content (AvgIpc) is 3.12. The van der Waals surface area contributed by atoms with Crippen LogP contribution in [0.2, 0.25) is 5.02 Å². The van der Waals surface area contributed by atoms with Crippen molar-refractivity contribution in [1.29, 1.82) is 0 Å². The van der Waals surface area contributed by atoms with Crippen LogP contribution in [0.15, 0.2) is 53.6 Å². The fraction of sp³-hybridized carbons (Fsp3) is 0.250. The molecule has 3 aromatic heterocycles. The zero-order chi connectivity index (χ0) is 22.2. The van der Waals surface area contributed by atoms with Gasteiger partial charge in [-0.15, -0.1) is 0 Å². The summed E-state index contributed by atoms with van der Waals surface area (Å²) in [5.41, 5.74) is 3.16. The fourth-order valence-electron chi connectivity index (χ4n) is 4.01. The van der Waals surface area contributed by atoms with Gasteiger partial charge in [0, 0.05) is 6.54 Å². The Hall–Kier alpha value is -3.32. The second kappa shape index (κ2) is 8.31. The van der Waals surface area contributed by atoms with E-state index in [0.717, 1.165) is 25.7 Å². The molecule has 0 unspecified atom stereocenters. The second-order valence-corrected chi connectivity index (χ2v) is 8.23. The SMILES string of the molecule is CCCCCCn1cnc2c(c1=O)c1nc3ccccc3nc1n2-c1ccc(F)c(Cl)c1. The maximum absolute atomic E-state index is 13.8. The third kappa shape index (κ3) is 3.42. The van der Waals surface area contributed by atoms with Crippen LogP contribution in [0.4, 0.5) is 4.39 Å². The topological polar surface area (TPSA) is 65.6 Å². The quantitative estimate of drug-likeness (QED) is 0.314. The zero-order valence-electron chi connectivity index (χ0n) is 17.6. The molecular weight excluding hydrogens is 429 g/mol. The Morgan fingerprint density at radius 3 is 2.53 bits per heavy atom. The van der Waals surface area contributed by atoms with Crippen molar-refractivity contribution in [2.45, 2.75) is 39.2 Å². The molecule has 2 aromatic carbocycles. The summed E-state index contributed by atoms with van der Waals surface area (Å²) in [7, 11) is 0. The van der Waals surface area contributed by atoms with Gasteiger partial charge >= 0.3 is 0 Å². The van der Waals surface area contributed by atoms with Gasteiger partial charge < -0.3 is 0 Å². The third-order valence-electron chi connectivity index (χ3n) is 5.64. The summed E-state index contributed by atoms with van der Waals surface area (Å²) in [4.78, 5) is 27.6. The minimum Gasteiger partial charge on any atom is -0.299 e. The van der Waals surface area contributed by atoms with E-state index in [9.17, 15) is 9.18 Å². The van der Waals surface area contributed by atoms with Crippen molar-refractivity contribution in [2.75, 3.05) is 0 Å². The van der Waals surface area contributed by atoms with Gasteiger partial charge in [-0.25, -0.2) is 19.3 Å². The largest absolute Gasteiger partial charge is 0.299 e. The monoisotopic (exact) mass is 449 g/mol. The Labute approximate surface area is 188 Å². The Bertz CT molecular complexity index is 1520. The zero-order valence-corrected chi connectivity index (χ0v) is 18.3. The van der Waals surface area contributed by atoms with Crippen LogP contribution >= 0.6 is 11.6 Å². The standard InChI is InChI=1S/C24H21ClFN5O/c1-2-3-4-7-12-30-14-27-22-20(24(30)32)21-23(29-19-9-6-5-8-18(19)28-21)31(22)15-10-11-17(26)16(25)13-15/h5-6,8-11,13-14H,2-4,7,12H2,1H3. The number of benzene rings is 2. The molecule has 8 heteroatoms. The van der Waals surface area contributed by atoms with Crippen molar-refractivity contribution < 1.29 is 4.39 Å². The number of para-hydroxylation sites is 2. The lowest BCUT2D eigenvalue weighted by Gasteiger charge is -2.08. The average molecular weight is 450 g/mol. The van der Waals surface area contributed by atoms with E-state index in [4.69, 9.17) is 21.6 Å². The van der Waals surface area contributed by atoms with Gasteiger partial charge in [-0.1, -0.05) is 49.9 Å². The lowest BCUT2D eigenvalue weighted by Crippen LogP contribution is -2.20. The van der Waals surface area contributed by atoms with E-state index in [1.165, 1.54) is 12.1 Å². The van der Waals surface area contributed by atoms with Crippen molar-refractivity contribution in [3.8, 4) is 5.69 Å². The molecule has 0 N–H and O–H groups in total. The van der Waals surface area contributed by atoms with Crippen LogP contribution in [0.1, 0.15) is 32.6 Å². The summed E-state index contributed by atoms with van der Waals surface area (Å²) in [6.45, 7) is 2.75. The highest BCUT2D eigenvalue weighted by Gasteiger charge is 2.21. The number of hydrogen-bond donors (Lipinski definition) is 0. The Balaban J connectivity index is 1.80. The molecule has 5 aromatic rings. The van der Waals surface area contributed by atoms with E-state index < -0.39 is 5.82 Å². The summed E-state index contributed by atoms with van der Waals surface area (Å²) in [6.07, 6.45) is 5.79. The number of aryl methyl sites for hydroxylation is 1. The minimum absolute atomic E-state index is 0.0180. The molecule has 0 aliphatic rings. The molecule has 0 saturated heterocycles. The van der Waals surface area contributed by atoms with E-state index in [0.29, 0.717) is 45.5 Å². The summed E-state index contributed by atoms with van der Waals surface area (Å²) in [6, 6.07) is 11.9.